The first kappa shape index (κ1) is 17.9. The van der Waals surface area contributed by atoms with Gasteiger partial charge in [0.2, 0.25) is 0 Å². The fourth-order valence-electron chi connectivity index (χ4n) is 2.24. The molecule has 126 valence electrons. The summed E-state index contributed by atoms with van der Waals surface area (Å²) in [6.07, 6.45) is 0. The van der Waals surface area contributed by atoms with E-state index in [1.54, 1.807) is 14.1 Å². The molecular formula is C18H22N4OS. The smallest absolute Gasteiger partial charge is 0.0849 e. The minimum Gasteiger partial charge on any atom is -0.313 e. The van der Waals surface area contributed by atoms with E-state index in [0.29, 0.717) is 0 Å². The van der Waals surface area contributed by atoms with Crippen molar-refractivity contribution in [3.63, 3.8) is 0 Å². The predicted octanol–water partition coefficient (Wildman–Crippen LogP) is 2.74. The summed E-state index contributed by atoms with van der Waals surface area (Å²) in [4.78, 5) is 1.54. The zero-order chi connectivity index (χ0) is 17.5. The molecule has 0 heterocycles. The molecule has 0 aliphatic heterocycles. The van der Waals surface area contributed by atoms with E-state index in [0.717, 1.165) is 32.3 Å². The standard InChI is InChI=1S/C18H22N4OS/c1-13(21-19-3)15-5-9-17(10-6-15)24(23)18-11-7-16(8-12-18)14(2)22-20-4/h5-12,19-20H,1-4H3/b21-13-,22-14-. The van der Waals surface area contributed by atoms with Gasteiger partial charge in [-0.3, -0.25) is 0 Å². The van der Waals surface area contributed by atoms with Crippen molar-refractivity contribution in [3.05, 3.63) is 59.7 Å². The van der Waals surface area contributed by atoms with Crippen molar-refractivity contribution in [2.75, 3.05) is 14.1 Å². The van der Waals surface area contributed by atoms with Crippen LogP contribution in [0.5, 0.6) is 0 Å². The van der Waals surface area contributed by atoms with Crippen molar-refractivity contribution in [1.82, 2.24) is 10.9 Å². The lowest BCUT2D eigenvalue weighted by Gasteiger charge is -2.06. The van der Waals surface area contributed by atoms with E-state index in [4.69, 9.17) is 0 Å². The molecule has 0 aliphatic rings. The Morgan fingerprint density at radius 3 is 1.38 bits per heavy atom. The number of rotatable bonds is 6. The Morgan fingerprint density at radius 2 is 1.08 bits per heavy atom. The third-order valence-corrected chi connectivity index (χ3v) is 4.93. The summed E-state index contributed by atoms with van der Waals surface area (Å²) in [6, 6.07) is 15.2. The molecule has 24 heavy (non-hydrogen) atoms. The molecule has 0 atom stereocenters. The average Bonchev–Trinajstić information content (AvgIpc) is 2.62. The zero-order valence-corrected chi connectivity index (χ0v) is 15.1. The molecule has 2 aromatic rings. The molecular weight excluding hydrogens is 320 g/mol. The van der Waals surface area contributed by atoms with Crippen LogP contribution in [0.25, 0.3) is 0 Å². The molecule has 2 aromatic carbocycles. The lowest BCUT2D eigenvalue weighted by Crippen LogP contribution is -2.04. The zero-order valence-electron chi connectivity index (χ0n) is 14.3. The molecule has 2 rings (SSSR count). The second-order valence-electron chi connectivity index (χ2n) is 5.16. The molecule has 0 aliphatic carbocycles. The molecule has 5 nitrogen and oxygen atoms in total. The van der Waals surface area contributed by atoms with Crippen LogP contribution in [0.3, 0.4) is 0 Å². The van der Waals surface area contributed by atoms with Crippen LogP contribution in [-0.4, -0.2) is 29.7 Å². The minimum atomic E-state index is -1.21. The molecule has 6 heteroatoms. The Morgan fingerprint density at radius 1 is 0.750 bits per heavy atom. The molecule has 0 bridgehead atoms. The fraction of sp³-hybridized carbons (Fsp3) is 0.222. The molecule has 0 amide bonds. The number of hydrogen-bond donors (Lipinski definition) is 2. The Kier molecular flexibility index (Phi) is 6.26. The van der Waals surface area contributed by atoms with E-state index in [1.807, 2.05) is 62.4 Å². The van der Waals surface area contributed by atoms with E-state index in [9.17, 15) is 4.21 Å². The second kappa shape index (κ2) is 8.40. The van der Waals surface area contributed by atoms with Gasteiger partial charge in [-0.15, -0.1) is 0 Å². The topological polar surface area (TPSA) is 65.8 Å². The third kappa shape index (κ3) is 4.29. The first-order valence-electron chi connectivity index (χ1n) is 7.61. The Labute approximate surface area is 145 Å². The molecule has 0 unspecified atom stereocenters. The highest BCUT2D eigenvalue weighted by molar-refractivity contribution is 7.85. The summed E-state index contributed by atoms with van der Waals surface area (Å²) in [5, 5.41) is 8.29. The van der Waals surface area contributed by atoms with Crippen molar-refractivity contribution in [3.8, 4) is 0 Å². The number of benzene rings is 2. The van der Waals surface area contributed by atoms with Crippen molar-refractivity contribution < 1.29 is 4.21 Å². The number of nitrogens with zero attached hydrogens (tertiary/aromatic N) is 2. The average molecular weight is 342 g/mol. The van der Waals surface area contributed by atoms with Crippen LogP contribution in [0.2, 0.25) is 0 Å². The van der Waals surface area contributed by atoms with Gasteiger partial charge in [0.15, 0.2) is 0 Å². The largest absolute Gasteiger partial charge is 0.313 e. The van der Waals surface area contributed by atoms with Crippen molar-refractivity contribution >= 4 is 22.2 Å². The summed E-state index contributed by atoms with van der Waals surface area (Å²) >= 11 is 0. The molecule has 0 spiro atoms. The van der Waals surface area contributed by atoms with Gasteiger partial charge in [0.1, 0.15) is 0 Å². The molecule has 0 fully saturated rings. The Bertz CT molecular complexity index is 699. The molecule has 0 saturated heterocycles. The maximum absolute atomic E-state index is 12.7. The van der Waals surface area contributed by atoms with E-state index < -0.39 is 10.8 Å². The highest BCUT2D eigenvalue weighted by atomic mass is 32.2. The SMILES string of the molecule is CN/N=C(/C)c1ccc(S(=O)c2ccc(/C(C)=N\NC)cc2)cc1. The minimum absolute atomic E-state index is 0.768. The van der Waals surface area contributed by atoms with Crippen molar-refractivity contribution in [1.29, 1.82) is 0 Å². The van der Waals surface area contributed by atoms with Gasteiger partial charge in [-0.05, 0) is 49.2 Å². The first-order chi connectivity index (χ1) is 11.6. The Balaban J connectivity index is 2.20. The van der Waals surface area contributed by atoms with Crippen LogP contribution in [0.4, 0.5) is 0 Å². The third-order valence-electron chi connectivity index (χ3n) is 3.53. The van der Waals surface area contributed by atoms with Crippen LogP contribution >= 0.6 is 0 Å². The van der Waals surface area contributed by atoms with Crippen LogP contribution < -0.4 is 10.9 Å². The normalized spacial score (nSPS) is 13.5. The highest BCUT2D eigenvalue weighted by Gasteiger charge is 2.08. The van der Waals surface area contributed by atoms with Gasteiger partial charge in [0.05, 0.1) is 22.2 Å². The van der Waals surface area contributed by atoms with E-state index in [1.165, 1.54) is 0 Å². The lowest BCUT2D eigenvalue weighted by atomic mass is 10.1. The predicted molar refractivity (Wildman–Crippen MR) is 100 cm³/mol. The van der Waals surface area contributed by atoms with Crippen molar-refractivity contribution in [2.24, 2.45) is 10.2 Å². The molecule has 0 aromatic heterocycles. The number of hydrazone groups is 2. The first-order valence-corrected chi connectivity index (χ1v) is 8.76. The monoisotopic (exact) mass is 342 g/mol. The molecule has 2 N–H and O–H groups in total. The van der Waals surface area contributed by atoms with Gasteiger partial charge >= 0.3 is 0 Å². The molecule has 0 saturated carbocycles. The van der Waals surface area contributed by atoms with Gasteiger partial charge < -0.3 is 10.9 Å². The maximum Gasteiger partial charge on any atom is 0.0849 e. The molecule has 0 radical (unpaired) electrons. The summed E-state index contributed by atoms with van der Waals surface area (Å²) in [5.41, 5.74) is 9.31. The Hall–Kier alpha value is -2.47. The van der Waals surface area contributed by atoms with Crippen LogP contribution in [0, 0.1) is 0 Å². The summed E-state index contributed by atoms with van der Waals surface area (Å²) in [5.74, 6) is 0. The van der Waals surface area contributed by atoms with Gasteiger partial charge in [-0.1, -0.05) is 24.3 Å². The summed E-state index contributed by atoms with van der Waals surface area (Å²) in [7, 11) is 2.32. The quantitative estimate of drug-likeness (QED) is 0.627. The summed E-state index contributed by atoms with van der Waals surface area (Å²) < 4.78 is 12.7. The second-order valence-corrected chi connectivity index (χ2v) is 6.64. The van der Waals surface area contributed by atoms with Crippen LogP contribution in [0.15, 0.2) is 68.5 Å². The van der Waals surface area contributed by atoms with Gasteiger partial charge in [-0.2, -0.15) is 10.2 Å². The van der Waals surface area contributed by atoms with Gasteiger partial charge in [-0.25, -0.2) is 4.21 Å². The van der Waals surface area contributed by atoms with Gasteiger partial charge in [0, 0.05) is 23.9 Å². The summed E-state index contributed by atoms with van der Waals surface area (Å²) in [6.45, 7) is 3.85. The lowest BCUT2D eigenvalue weighted by molar-refractivity contribution is 0.683. The van der Waals surface area contributed by atoms with Crippen molar-refractivity contribution in [2.45, 2.75) is 23.6 Å². The highest BCUT2D eigenvalue weighted by Crippen LogP contribution is 2.18. The van der Waals surface area contributed by atoms with Gasteiger partial charge in [0.25, 0.3) is 0 Å². The van der Waals surface area contributed by atoms with E-state index in [2.05, 4.69) is 21.1 Å². The number of hydrogen-bond acceptors (Lipinski definition) is 5. The van der Waals surface area contributed by atoms with Crippen LogP contribution in [-0.2, 0) is 10.8 Å². The number of nitrogens with one attached hydrogen (secondary N) is 2. The van der Waals surface area contributed by atoms with E-state index >= 15 is 0 Å². The van der Waals surface area contributed by atoms with Crippen LogP contribution in [0.1, 0.15) is 25.0 Å². The van der Waals surface area contributed by atoms with E-state index in [-0.39, 0.29) is 0 Å². The fourth-order valence-corrected chi connectivity index (χ4v) is 3.28. The maximum atomic E-state index is 12.7.